The maximum absolute atomic E-state index is 11.6. The number of ether oxygens (including phenoxy) is 1. The molecule has 3 amide bonds. The SMILES string of the molecule is O=C(CS)NCC(=O)NCC(=O)NCC(=O)OC(=O)c1ccccc1. The smallest absolute Gasteiger partial charge is 0.345 e. The van der Waals surface area contributed by atoms with E-state index in [1.165, 1.54) is 12.1 Å². The van der Waals surface area contributed by atoms with Crippen LogP contribution >= 0.6 is 12.6 Å². The molecule has 0 unspecified atom stereocenters. The highest BCUT2D eigenvalue weighted by atomic mass is 32.1. The third-order valence-electron chi connectivity index (χ3n) is 2.68. The Morgan fingerprint density at radius 3 is 1.88 bits per heavy atom. The molecule has 10 heteroatoms. The molecule has 0 aromatic heterocycles. The highest BCUT2D eigenvalue weighted by Crippen LogP contribution is 2.00. The Labute approximate surface area is 148 Å². The Hall–Kier alpha value is -2.88. The molecule has 0 atom stereocenters. The van der Waals surface area contributed by atoms with E-state index in [2.05, 4.69) is 33.3 Å². The average Bonchev–Trinajstić information content (AvgIpc) is 2.63. The van der Waals surface area contributed by atoms with Crippen LogP contribution in [0.3, 0.4) is 0 Å². The van der Waals surface area contributed by atoms with E-state index in [-0.39, 0.29) is 17.9 Å². The molecule has 134 valence electrons. The van der Waals surface area contributed by atoms with Gasteiger partial charge < -0.3 is 20.7 Å². The molecule has 3 N–H and O–H groups in total. The molecule has 0 saturated heterocycles. The van der Waals surface area contributed by atoms with Crippen molar-refractivity contribution in [2.45, 2.75) is 0 Å². The zero-order valence-electron chi connectivity index (χ0n) is 13.1. The van der Waals surface area contributed by atoms with Gasteiger partial charge in [0.05, 0.1) is 24.4 Å². The molecule has 0 saturated carbocycles. The standard InChI is InChI=1S/C15H17N3O6S/c19-11(7-17-13(21)9-25)16-6-12(20)18-8-14(22)24-15(23)10-4-2-1-3-5-10/h1-5,25H,6-9H2,(H,16,19)(H,17,21)(H,18,20). The summed E-state index contributed by atoms with van der Waals surface area (Å²) in [7, 11) is 0. The molecule has 25 heavy (non-hydrogen) atoms. The fraction of sp³-hybridized carbons (Fsp3) is 0.267. The third kappa shape index (κ3) is 8.51. The Morgan fingerprint density at radius 1 is 0.800 bits per heavy atom. The summed E-state index contributed by atoms with van der Waals surface area (Å²) in [6.07, 6.45) is 0. The van der Waals surface area contributed by atoms with Crippen LogP contribution in [-0.2, 0) is 23.9 Å². The molecule has 0 aliphatic heterocycles. The summed E-state index contributed by atoms with van der Waals surface area (Å²) >= 11 is 3.72. The van der Waals surface area contributed by atoms with Gasteiger partial charge in [-0.2, -0.15) is 12.6 Å². The number of carbonyl (C=O) groups excluding carboxylic acids is 5. The summed E-state index contributed by atoms with van der Waals surface area (Å²) in [5.41, 5.74) is 0.206. The van der Waals surface area contributed by atoms with Crippen molar-refractivity contribution in [1.29, 1.82) is 0 Å². The van der Waals surface area contributed by atoms with E-state index < -0.39 is 42.7 Å². The van der Waals surface area contributed by atoms with Crippen molar-refractivity contribution < 1.29 is 28.7 Å². The molecule has 0 aliphatic rings. The van der Waals surface area contributed by atoms with E-state index >= 15 is 0 Å². The van der Waals surface area contributed by atoms with Gasteiger partial charge in [-0.15, -0.1) is 0 Å². The Balaban J connectivity index is 2.22. The molecule has 0 aliphatic carbocycles. The molecule has 0 fully saturated rings. The van der Waals surface area contributed by atoms with Crippen LogP contribution in [0.15, 0.2) is 30.3 Å². The topological polar surface area (TPSA) is 131 Å². The fourth-order valence-corrected chi connectivity index (χ4v) is 1.59. The third-order valence-corrected chi connectivity index (χ3v) is 2.97. The van der Waals surface area contributed by atoms with Crippen molar-refractivity contribution in [3.05, 3.63) is 35.9 Å². The Morgan fingerprint density at radius 2 is 1.32 bits per heavy atom. The number of thiol groups is 1. The maximum Gasteiger partial charge on any atom is 0.345 e. The van der Waals surface area contributed by atoms with E-state index in [4.69, 9.17) is 0 Å². The van der Waals surface area contributed by atoms with Crippen LogP contribution in [0.1, 0.15) is 10.4 Å². The van der Waals surface area contributed by atoms with Gasteiger partial charge in [-0.3, -0.25) is 14.4 Å². The van der Waals surface area contributed by atoms with Crippen molar-refractivity contribution >= 4 is 42.3 Å². The van der Waals surface area contributed by atoms with Crippen molar-refractivity contribution in [2.75, 3.05) is 25.4 Å². The molecule has 1 aromatic carbocycles. The summed E-state index contributed by atoms with van der Waals surface area (Å²) < 4.78 is 4.56. The van der Waals surface area contributed by atoms with Gasteiger partial charge in [-0.05, 0) is 12.1 Å². The first kappa shape index (κ1) is 20.2. The largest absolute Gasteiger partial charge is 0.388 e. The van der Waals surface area contributed by atoms with E-state index in [1.54, 1.807) is 18.2 Å². The van der Waals surface area contributed by atoms with Crippen LogP contribution < -0.4 is 16.0 Å². The van der Waals surface area contributed by atoms with Crippen molar-refractivity contribution in [3.63, 3.8) is 0 Å². The lowest BCUT2D eigenvalue weighted by Gasteiger charge is -2.07. The summed E-state index contributed by atoms with van der Waals surface area (Å²) in [6, 6.07) is 7.90. The first-order chi connectivity index (χ1) is 11.9. The summed E-state index contributed by atoms with van der Waals surface area (Å²) in [6.45, 7) is -1.21. The molecular formula is C15H17N3O6S. The highest BCUT2D eigenvalue weighted by molar-refractivity contribution is 7.81. The zero-order valence-corrected chi connectivity index (χ0v) is 14.0. The van der Waals surface area contributed by atoms with Gasteiger partial charge in [0.1, 0.15) is 6.54 Å². The first-order valence-electron chi connectivity index (χ1n) is 7.13. The van der Waals surface area contributed by atoms with Crippen molar-refractivity contribution in [3.8, 4) is 0 Å². The van der Waals surface area contributed by atoms with Crippen molar-refractivity contribution in [1.82, 2.24) is 16.0 Å². The minimum atomic E-state index is -0.936. The lowest BCUT2D eigenvalue weighted by Crippen LogP contribution is -2.43. The fourth-order valence-electron chi connectivity index (χ4n) is 1.48. The lowest BCUT2D eigenvalue weighted by molar-refractivity contribution is -0.138. The molecule has 0 heterocycles. The van der Waals surface area contributed by atoms with E-state index in [9.17, 15) is 24.0 Å². The number of amides is 3. The Bertz CT molecular complexity index is 650. The minimum absolute atomic E-state index is 0.0580. The number of rotatable bonds is 8. The number of benzene rings is 1. The van der Waals surface area contributed by atoms with Gasteiger partial charge in [0, 0.05) is 0 Å². The molecule has 0 bridgehead atoms. The number of hydrogen-bond donors (Lipinski definition) is 4. The molecular weight excluding hydrogens is 350 g/mol. The average molecular weight is 367 g/mol. The predicted octanol–water partition coefficient (Wildman–Crippen LogP) is -1.35. The number of carbonyl (C=O) groups is 5. The number of nitrogens with one attached hydrogen (secondary N) is 3. The van der Waals surface area contributed by atoms with Crippen LogP contribution in [0.2, 0.25) is 0 Å². The second-order valence-electron chi connectivity index (χ2n) is 4.62. The number of esters is 2. The molecule has 9 nitrogen and oxygen atoms in total. The van der Waals surface area contributed by atoms with E-state index in [1.807, 2.05) is 0 Å². The Kier molecular flexibility index (Phi) is 8.72. The predicted molar refractivity (Wildman–Crippen MR) is 89.7 cm³/mol. The molecule has 0 radical (unpaired) electrons. The summed E-state index contributed by atoms with van der Waals surface area (Å²) in [4.78, 5) is 56.8. The molecule has 1 rings (SSSR count). The summed E-state index contributed by atoms with van der Waals surface area (Å²) in [5, 5.41) is 6.71. The maximum atomic E-state index is 11.6. The van der Waals surface area contributed by atoms with E-state index in [0.29, 0.717) is 0 Å². The number of hydrogen-bond acceptors (Lipinski definition) is 7. The first-order valence-corrected chi connectivity index (χ1v) is 7.76. The molecule has 1 aromatic rings. The van der Waals surface area contributed by atoms with Crippen molar-refractivity contribution in [2.24, 2.45) is 0 Å². The van der Waals surface area contributed by atoms with E-state index in [0.717, 1.165) is 0 Å². The summed E-state index contributed by atoms with van der Waals surface area (Å²) in [5.74, 6) is -3.47. The van der Waals surface area contributed by atoms with Crippen LogP contribution in [0.4, 0.5) is 0 Å². The quantitative estimate of drug-likeness (QED) is 0.255. The van der Waals surface area contributed by atoms with Gasteiger partial charge in [0.25, 0.3) is 0 Å². The molecule has 0 spiro atoms. The lowest BCUT2D eigenvalue weighted by atomic mass is 10.2. The normalized spacial score (nSPS) is 9.64. The van der Waals surface area contributed by atoms with Crippen LogP contribution in [-0.4, -0.2) is 55.0 Å². The second-order valence-corrected chi connectivity index (χ2v) is 4.93. The van der Waals surface area contributed by atoms with Gasteiger partial charge in [-0.1, -0.05) is 18.2 Å². The minimum Gasteiger partial charge on any atom is -0.388 e. The van der Waals surface area contributed by atoms with Gasteiger partial charge >= 0.3 is 11.9 Å². The van der Waals surface area contributed by atoms with Gasteiger partial charge in [0.15, 0.2) is 0 Å². The van der Waals surface area contributed by atoms with Crippen LogP contribution in [0.25, 0.3) is 0 Å². The van der Waals surface area contributed by atoms with Gasteiger partial charge in [-0.25, -0.2) is 9.59 Å². The zero-order chi connectivity index (χ0) is 18.7. The van der Waals surface area contributed by atoms with Crippen LogP contribution in [0.5, 0.6) is 0 Å². The highest BCUT2D eigenvalue weighted by Gasteiger charge is 2.14. The van der Waals surface area contributed by atoms with Crippen LogP contribution in [0, 0.1) is 0 Å². The monoisotopic (exact) mass is 367 g/mol. The van der Waals surface area contributed by atoms with Gasteiger partial charge in [0.2, 0.25) is 17.7 Å². The second kappa shape index (κ2) is 10.8.